The molecule has 1 aromatic heterocycles. The summed E-state index contributed by atoms with van der Waals surface area (Å²) >= 11 is 0. The van der Waals surface area contributed by atoms with Crippen molar-refractivity contribution in [2.75, 3.05) is 19.6 Å². The van der Waals surface area contributed by atoms with Crippen molar-refractivity contribution in [1.82, 2.24) is 14.8 Å². The quantitative estimate of drug-likeness (QED) is 0.627. The maximum absolute atomic E-state index is 13.3. The number of rotatable bonds is 5. The Morgan fingerprint density at radius 2 is 1.62 bits per heavy atom. The van der Waals surface area contributed by atoms with Crippen molar-refractivity contribution in [1.29, 1.82) is 0 Å². The molecule has 3 heterocycles. The molecular weight excluding hydrogens is 398 g/mol. The summed E-state index contributed by atoms with van der Waals surface area (Å²) in [6.45, 7) is 2.81. The van der Waals surface area contributed by atoms with Crippen LogP contribution in [0.4, 0.5) is 0 Å². The number of aromatic nitrogens is 1. The highest BCUT2D eigenvalue weighted by Gasteiger charge is 2.43. The fraction of sp³-hybridized carbons (Fsp3) is 0.296. The van der Waals surface area contributed by atoms with Crippen LogP contribution < -0.4 is 0 Å². The number of amides is 1. The molecule has 5 rings (SSSR count). The van der Waals surface area contributed by atoms with Gasteiger partial charge in [0.2, 0.25) is 5.91 Å². The van der Waals surface area contributed by atoms with Crippen molar-refractivity contribution in [3.05, 3.63) is 90.3 Å². The van der Waals surface area contributed by atoms with E-state index in [1.165, 1.54) is 16.7 Å². The standard InChI is InChI=1S/C27H27N3O2/c31-26-16-24(15-21-5-4-12-28-17-21)27(32)25-19-29(13-14-30(25)26)18-20-8-10-23(11-9-20)22-6-2-1-3-7-22/h1-12,17,24-25H,13-16,18-19H2. The molecule has 0 radical (unpaired) electrons. The third kappa shape index (κ3) is 4.34. The summed E-state index contributed by atoms with van der Waals surface area (Å²) in [6.07, 6.45) is 4.41. The van der Waals surface area contributed by atoms with E-state index in [9.17, 15) is 9.59 Å². The van der Waals surface area contributed by atoms with Crippen LogP contribution in [0.2, 0.25) is 0 Å². The lowest BCUT2D eigenvalue weighted by molar-refractivity contribution is -0.152. The molecule has 0 N–H and O–H groups in total. The average Bonchev–Trinajstić information content (AvgIpc) is 2.84. The van der Waals surface area contributed by atoms with Crippen LogP contribution in [0, 0.1) is 5.92 Å². The highest BCUT2D eigenvalue weighted by Crippen LogP contribution is 2.27. The number of carbonyl (C=O) groups is 2. The molecule has 2 aliphatic rings. The maximum Gasteiger partial charge on any atom is 0.224 e. The topological polar surface area (TPSA) is 53.5 Å². The maximum atomic E-state index is 13.3. The van der Waals surface area contributed by atoms with Gasteiger partial charge in [-0.3, -0.25) is 19.5 Å². The SMILES string of the molecule is O=C1C(Cc2cccnc2)CC(=O)N2CCN(Cc3ccc(-c4ccccc4)cc3)CC12. The molecule has 162 valence electrons. The largest absolute Gasteiger partial charge is 0.330 e. The minimum Gasteiger partial charge on any atom is -0.330 e. The van der Waals surface area contributed by atoms with Crippen molar-refractivity contribution in [3.8, 4) is 11.1 Å². The normalized spacial score (nSPS) is 21.4. The molecular formula is C27H27N3O2. The third-order valence-corrected chi connectivity index (χ3v) is 6.61. The number of piperidine rings is 1. The Kier molecular flexibility index (Phi) is 5.82. The zero-order chi connectivity index (χ0) is 21.9. The van der Waals surface area contributed by atoms with Gasteiger partial charge in [-0.25, -0.2) is 0 Å². The second-order valence-corrected chi connectivity index (χ2v) is 8.77. The van der Waals surface area contributed by atoms with Crippen LogP contribution in [0.1, 0.15) is 17.5 Å². The molecule has 3 aromatic rings. The lowest BCUT2D eigenvalue weighted by Gasteiger charge is -2.45. The van der Waals surface area contributed by atoms with Gasteiger partial charge >= 0.3 is 0 Å². The summed E-state index contributed by atoms with van der Waals surface area (Å²) in [4.78, 5) is 34.3. The van der Waals surface area contributed by atoms with Crippen molar-refractivity contribution < 1.29 is 9.59 Å². The van der Waals surface area contributed by atoms with Gasteiger partial charge in [-0.2, -0.15) is 0 Å². The number of benzene rings is 2. The van der Waals surface area contributed by atoms with E-state index in [1.54, 1.807) is 17.3 Å². The first-order valence-electron chi connectivity index (χ1n) is 11.3. The van der Waals surface area contributed by atoms with E-state index >= 15 is 0 Å². The lowest BCUT2D eigenvalue weighted by atomic mass is 9.83. The number of pyridine rings is 1. The van der Waals surface area contributed by atoms with Gasteiger partial charge < -0.3 is 4.90 Å². The van der Waals surface area contributed by atoms with Gasteiger partial charge in [0.25, 0.3) is 0 Å². The van der Waals surface area contributed by atoms with Gasteiger partial charge in [0, 0.05) is 50.9 Å². The predicted molar refractivity (Wildman–Crippen MR) is 124 cm³/mol. The van der Waals surface area contributed by atoms with Crippen LogP contribution in [0.25, 0.3) is 11.1 Å². The van der Waals surface area contributed by atoms with Crippen LogP contribution in [0.15, 0.2) is 79.1 Å². The zero-order valence-corrected chi connectivity index (χ0v) is 18.1. The molecule has 2 saturated heterocycles. The number of piperazine rings is 1. The molecule has 0 aliphatic carbocycles. The lowest BCUT2D eigenvalue weighted by Crippen LogP contribution is -2.62. The molecule has 2 aliphatic heterocycles. The summed E-state index contributed by atoms with van der Waals surface area (Å²) in [6, 6.07) is 22.5. The van der Waals surface area contributed by atoms with E-state index in [0.29, 0.717) is 25.9 Å². The molecule has 0 bridgehead atoms. The monoisotopic (exact) mass is 425 g/mol. The Hall–Kier alpha value is -3.31. The first kappa shape index (κ1) is 20.6. The second-order valence-electron chi connectivity index (χ2n) is 8.77. The van der Waals surface area contributed by atoms with Gasteiger partial charge in [0.15, 0.2) is 5.78 Å². The third-order valence-electron chi connectivity index (χ3n) is 6.61. The first-order valence-corrected chi connectivity index (χ1v) is 11.3. The molecule has 32 heavy (non-hydrogen) atoms. The second kappa shape index (κ2) is 9.05. The van der Waals surface area contributed by atoms with E-state index in [4.69, 9.17) is 0 Å². The zero-order valence-electron chi connectivity index (χ0n) is 18.1. The average molecular weight is 426 g/mol. The Morgan fingerprint density at radius 3 is 2.38 bits per heavy atom. The molecule has 2 aromatic carbocycles. The number of nitrogens with zero attached hydrogens (tertiary/aromatic N) is 3. The Balaban J connectivity index is 1.25. The Morgan fingerprint density at radius 1 is 0.844 bits per heavy atom. The minimum absolute atomic E-state index is 0.107. The summed E-state index contributed by atoms with van der Waals surface area (Å²) in [5.74, 6) is 0.0472. The van der Waals surface area contributed by atoms with Crippen LogP contribution in [-0.4, -0.2) is 52.2 Å². The van der Waals surface area contributed by atoms with Crippen molar-refractivity contribution in [3.63, 3.8) is 0 Å². The number of hydrogen-bond acceptors (Lipinski definition) is 4. The fourth-order valence-corrected chi connectivity index (χ4v) is 4.89. The minimum atomic E-state index is -0.338. The van der Waals surface area contributed by atoms with E-state index < -0.39 is 0 Å². The first-order chi connectivity index (χ1) is 15.7. The number of Topliss-reactive ketones (excluding diaryl/α,β-unsaturated/α-hetero) is 1. The van der Waals surface area contributed by atoms with E-state index in [0.717, 1.165) is 18.7 Å². The van der Waals surface area contributed by atoms with Crippen LogP contribution in [0.5, 0.6) is 0 Å². The number of ketones is 1. The molecule has 1 amide bonds. The van der Waals surface area contributed by atoms with E-state index in [-0.39, 0.29) is 23.7 Å². The molecule has 2 unspecified atom stereocenters. The predicted octanol–water partition coefficient (Wildman–Crippen LogP) is 3.59. The number of carbonyl (C=O) groups excluding carboxylic acids is 2. The highest BCUT2D eigenvalue weighted by molar-refractivity contribution is 5.97. The van der Waals surface area contributed by atoms with Crippen LogP contribution in [-0.2, 0) is 22.6 Å². The Bertz CT molecular complexity index is 1080. The van der Waals surface area contributed by atoms with Crippen LogP contribution in [0.3, 0.4) is 0 Å². The molecule has 2 atom stereocenters. The molecule has 0 saturated carbocycles. The molecule has 2 fully saturated rings. The van der Waals surface area contributed by atoms with Gasteiger partial charge in [-0.05, 0) is 34.7 Å². The Labute approximate surface area is 188 Å². The molecule has 5 heteroatoms. The summed E-state index contributed by atoms with van der Waals surface area (Å²) in [7, 11) is 0. The van der Waals surface area contributed by atoms with Gasteiger partial charge in [0.05, 0.1) is 0 Å². The summed E-state index contributed by atoms with van der Waals surface area (Å²) in [5, 5.41) is 0. The van der Waals surface area contributed by atoms with Gasteiger partial charge in [-0.1, -0.05) is 60.7 Å². The number of hydrogen-bond donors (Lipinski definition) is 0. The summed E-state index contributed by atoms with van der Waals surface area (Å²) < 4.78 is 0. The molecule has 0 spiro atoms. The summed E-state index contributed by atoms with van der Waals surface area (Å²) in [5.41, 5.74) is 4.64. The van der Waals surface area contributed by atoms with E-state index in [1.807, 2.05) is 30.3 Å². The van der Waals surface area contributed by atoms with Crippen LogP contribution >= 0.6 is 0 Å². The van der Waals surface area contributed by atoms with Crippen molar-refractivity contribution in [2.45, 2.75) is 25.4 Å². The highest BCUT2D eigenvalue weighted by atomic mass is 16.2. The van der Waals surface area contributed by atoms with Gasteiger partial charge in [-0.15, -0.1) is 0 Å². The van der Waals surface area contributed by atoms with E-state index in [2.05, 4.69) is 46.3 Å². The number of fused-ring (bicyclic) bond motifs is 1. The fourth-order valence-electron chi connectivity index (χ4n) is 4.89. The van der Waals surface area contributed by atoms with Gasteiger partial charge in [0.1, 0.15) is 6.04 Å². The molecule has 5 nitrogen and oxygen atoms in total. The smallest absolute Gasteiger partial charge is 0.224 e. The van der Waals surface area contributed by atoms with Crippen molar-refractivity contribution >= 4 is 11.7 Å². The van der Waals surface area contributed by atoms with Crippen molar-refractivity contribution in [2.24, 2.45) is 5.92 Å².